The van der Waals surface area contributed by atoms with Gasteiger partial charge in [0.1, 0.15) is 11.6 Å². The average Bonchev–Trinajstić information content (AvgIpc) is 2.73. The van der Waals surface area contributed by atoms with Crippen molar-refractivity contribution in [3.63, 3.8) is 0 Å². The van der Waals surface area contributed by atoms with Crippen LogP contribution in [-0.2, 0) is 0 Å². The standard InChI is InChI=1S/C12H15BrF2N2/c13-8-4-12(10(15)5-9(8)14)17-11-3-1-2-7(11)6-16/h4-5,7,11,17H,1-3,6,16H2. The lowest BCUT2D eigenvalue weighted by atomic mass is 10.0. The Labute approximate surface area is 108 Å². The van der Waals surface area contributed by atoms with Crippen LogP contribution in [0.4, 0.5) is 14.5 Å². The number of nitrogens with two attached hydrogens (primary N) is 1. The highest BCUT2D eigenvalue weighted by molar-refractivity contribution is 9.10. The molecule has 0 radical (unpaired) electrons. The Morgan fingerprint density at radius 1 is 1.29 bits per heavy atom. The Bertz CT molecular complexity index is 412. The van der Waals surface area contributed by atoms with Gasteiger partial charge in [0, 0.05) is 12.1 Å². The molecule has 2 atom stereocenters. The predicted molar refractivity (Wildman–Crippen MR) is 67.9 cm³/mol. The van der Waals surface area contributed by atoms with Gasteiger partial charge in [0.2, 0.25) is 0 Å². The number of nitrogens with one attached hydrogen (secondary N) is 1. The molecule has 2 rings (SSSR count). The van der Waals surface area contributed by atoms with E-state index < -0.39 is 11.6 Å². The molecule has 1 aromatic rings. The second kappa shape index (κ2) is 5.31. The summed E-state index contributed by atoms with van der Waals surface area (Å²) >= 11 is 3.06. The Hall–Kier alpha value is -0.680. The van der Waals surface area contributed by atoms with Crippen molar-refractivity contribution >= 4 is 21.6 Å². The van der Waals surface area contributed by atoms with E-state index in [0.717, 1.165) is 25.3 Å². The molecule has 0 amide bonds. The molecule has 1 aliphatic rings. The molecule has 0 bridgehead atoms. The summed E-state index contributed by atoms with van der Waals surface area (Å²) in [5.74, 6) is -0.776. The van der Waals surface area contributed by atoms with E-state index in [1.54, 1.807) is 0 Å². The zero-order valence-electron chi connectivity index (χ0n) is 9.35. The van der Waals surface area contributed by atoms with E-state index in [1.807, 2.05) is 0 Å². The molecule has 0 aliphatic heterocycles. The molecule has 94 valence electrons. The highest BCUT2D eigenvalue weighted by Crippen LogP contribution is 2.30. The van der Waals surface area contributed by atoms with Crippen molar-refractivity contribution in [1.82, 2.24) is 0 Å². The summed E-state index contributed by atoms with van der Waals surface area (Å²) < 4.78 is 26.9. The Morgan fingerprint density at radius 2 is 2.06 bits per heavy atom. The predicted octanol–water partition coefficient (Wildman–Crippen LogP) is 3.27. The lowest BCUT2D eigenvalue weighted by Crippen LogP contribution is -2.29. The third-order valence-electron chi connectivity index (χ3n) is 3.31. The monoisotopic (exact) mass is 304 g/mol. The summed E-state index contributed by atoms with van der Waals surface area (Å²) in [7, 11) is 0. The summed E-state index contributed by atoms with van der Waals surface area (Å²) in [6.45, 7) is 0.599. The van der Waals surface area contributed by atoms with E-state index in [0.29, 0.717) is 18.2 Å². The van der Waals surface area contributed by atoms with Gasteiger partial charge in [-0.05, 0) is 47.3 Å². The van der Waals surface area contributed by atoms with Crippen LogP contribution in [0.25, 0.3) is 0 Å². The molecule has 1 aliphatic carbocycles. The van der Waals surface area contributed by atoms with Crippen molar-refractivity contribution in [2.75, 3.05) is 11.9 Å². The summed E-state index contributed by atoms with van der Waals surface area (Å²) in [6, 6.07) is 2.52. The maximum Gasteiger partial charge on any atom is 0.149 e. The van der Waals surface area contributed by atoms with Crippen LogP contribution in [0, 0.1) is 17.6 Å². The topological polar surface area (TPSA) is 38.0 Å². The summed E-state index contributed by atoms with van der Waals surface area (Å²) in [5, 5.41) is 3.13. The van der Waals surface area contributed by atoms with Crippen molar-refractivity contribution in [3.05, 3.63) is 28.2 Å². The van der Waals surface area contributed by atoms with Crippen molar-refractivity contribution in [2.45, 2.75) is 25.3 Å². The van der Waals surface area contributed by atoms with Crippen LogP contribution >= 0.6 is 15.9 Å². The van der Waals surface area contributed by atoms with E-state index >= 15 is 0 Å². The highest BCUT2D eigenvalue weighted by atomic mass is 79.9. The van der Waals surface area contributed by atoms with Gasteiger partial charge in [-0.3, -0.25) is 0 Å². The lowest BCUT2D eigenvalue weighted by molar-refractivity contribution is 0.511. The molecule has 3 N–H and O–H groups in total. The second-order valence-corrected chi connectivity index (χ2v) is 5.28. The number of hydrogen-bond donors (Lipinski definition) is 2. The first kappa shape index (κ1) is 12.8. The first-order chi connectivity index (χ1) is 8.11. The fraction of sp³-hybridized carbons (Fsp3) is 0.500. The van der Waals surface area contributed by atoms with Gasteiger partial charge >= 0.3 is 0 Å². The molecule has 1 fully saturated rings. The SMILES string of the molecule is NCC1CCCC1Nc1cc(Br)c(F)cc1F. The minimum absolute atomic E-state index is 0.187. The van der Waals surface area contributed by atoms with E-state index in [9.17, 15) is 8.78 Å². The molecular weight excluding hydrogens is 290 g/mol. The third kappa shape index (κ3) is 2.77. The van der Waals surface area contributed by atoms with Gasteiger partial charge in [0.15, 0.2) is 0 Å². The Kier molecular flexibility index (Phi) is 3.99. The van der Waals surface area contributed by atoms with Gasteiger partial charge in [0.05, 0.1) is 10.2 Å². The molecule has 2 unspecified atom stereocenters. The van der Waals surface area contributed by atoms with Crippen LogP contribution in [0.3, 0.4) is 0 Å². The third-order valence-corrected chi connectivity index (χ3v) is 3.92. The van der Waals surface area contributed by atoms with E-state index in [1.165, 1.54) is 6.07 Å². The fourth-order valence-corrected chi connectivity index (χ4v) is 2.69. The van der Waals surface area contributed by atoms with Crippen LogP contribution in [0.5, 0.6) is 0 Å². The van der Waals surface area contributed by atoms with Crippen LogP contribution in [0.2, 0.25) is 0 Å². The molecule has 1 saturated carbocycles. The van der Waals surface area contributed by atoms with E-state index in [-0.39, 0.29) is 10.5 Å². The minimum atomic E-state index is -0.588. The molecule has 0 saturated heterocycles. The van der Waals surface area contributed by atoms with Gasteiger partial charge < -0.3 is 11.1 Å². The zero-order chi connectivity index (χ0) is 12.4. The van der Waals surface area contributed by atoms with Crippen molar-refractivity contribution < 1.29 is 8.78 Å². The number of halogens is 3. The molecule has 0 heterocycles. The number of rotatable bonds is 3. The molecule has 1 aromatic carbocycles. The quantitative estimate of drug-likeness (QED) is 0.841. The van der Waals surface area contributed by atoms with Crippen LogP contribution in [0.15, 0.2) is 16.6 Å². The minimum Gasteiger partial charge on any atom is -0.380 e. The molecule has 0 spiro atoms. The Morgan fingerprint density at radius 3 is 2.76 bits per heavy atom. The van der Waals surface area contributed by atoms with Gasteiger partial charge in [-0.2, -0.15) is 0 Å². The van der Waals surface area contributed by atoms with Crippen LogP contribution < -0.4 is 11.1 Å². The van der Waals surface area contributed by atoms with Crippen LogP contribution in [-0.4, -0.2) is 12.6 Å². The first-order valence-corrected chi connectivity index (χ1v) is 6.52. The number of hydrogen-bond acceptors (Lipinski definition) is 2. The van der Waals surface area contributed by atoms with Gasteiger partial charge in [-0.1, -0.05) is 6.42 Å². The molecule has 2 nitrogen and oxygen atoms in total. The Balaban J connectivity index is 2.15. The molecule has 17 heavy (non-hydrogen) atoms. The fourth-order valence-electron chi connectivity index (χ4n) is 2.34. The number of anilines is 1. The molecular formula is C12H15BrF2N2. The van der Waals surface area contributed by atoms with E-state index in [2.05, 4.69) is 21.2 Å². The summed E-state index contributed by atoms with van der Waals surface area (Å²) in [4.78, 5) is 0. The van der Waals surface area contributed by atoms with E-state index in [4.69, 9.17) is 5.73 Å². The van der Waals surface area contributed by atoms with Crippen molar-refractivity contribution in [1.29, 1.82) is 0 Å². The number of benzene rings is 1. The smallest absolute Gasteiger partial charge is 0.149 e. The molecule has 0 aromatic heterocycles. The maximum atomic E-state index is 13.6. The second-order valence-electron chi connectivity index (χ2n) is 4.42. The molecule has 5 heteroatoms. The average molecular weight is 305 g/mol. The summed E-state index contributed by atoms with van der Waals surface area (Å²) in [6.07, 6.45) is 3.15. The lowest BCUT2D eigenvalue weighted by Gasteiger charge is -2.21. The highest BCUT2D eigenvalue weighted by Gasteiger charge is 2.26. The first-order valence-electron chi connectivity index (χ1n) is 5.73. The van der Waals surface area contributed by atoms with Crippen LogP contribution in [0.1, 0.15) is 19.3 Å². The largest absolute Gasteiger partial charge is 0.380 e. The van der Waals surface area contributed by atoms with Gasteiger partial charge in [-0.25, -0.2) is 8.78 Å². The zero-order valence-corrected chi connectivity index (χ0v) is 10.9. The van der Waals surface area contributed by atoms with Crippen molar-refractivity contribution in [3.8, 4) is 0 Å². The maximum absolute atomic E-state index is 13.6. The normalized spacial score (nSPS) is 24.0. The van der Waals surface area contributed by atoms with Gasteiger partial charge in [0.25, 0.3) is 0 Å². The van der Waals surface area contributed by atoms with Crippen molar-refractivity contribution in [2.24, 2.45) is 11.7 Å². The summed E-state index contributed by atoms with van der Waals surface area (Å²) in [5.41, 5.74) is 6.00. The van der Waals surface area contributed by atoms with Gasteiger partial charge in [-0.15, -0.1) is 0 Å².